The van der Waals surface area contributed by atoms with Gasteiger partial charge in [0.1, 0.15) is 17.7 Å². The number of ether oxygens (including phenoxy) is 2. The predicted octanol–water partition coefficient (Wildman–Crippen LogP) is 1.84. The molecule has 10 heteroatoms. The lowest BCUT2D eigenvalue weighted by Gasteiger charge is -2.33. The number of nitrogens with one attached hydrogen (secondary N) is 2. The monoisotopic (exact) mass is 419 g/mol. The molecule has 2 aliphatic heterocycles. The Balaban J connectivity index is 1.64. The molecule has 2 atom stereocenters. The predicted molar refractivity (Wildman–Crippen MR) is 99.8 cm³/mol. The van der Waals surface area contributed by atoms with E-state index in [0.29, 0.717) is 23.4 Å². The maximum Gasteiger partial charge on any atom is 0.387 e. The number of fused-ring (bicyclic) bond motifs is 1. The zero-order valence-corrected chi connectivity index (χ0v) is 15.9. The summed E-state index contributed by atoms with van der Waals surface area (Å²) < 4.78 is 34.4. The quantitative estimate of drug-likeness (QED) is 0.618. The minimum atomic E-state index is -2.98. The largest absolute Gasteiger partial charge is 0.497 e. The van der Waals surface area contributed by atoms with E-state index < -0.39 is 30.3 Å². The number of hydrogen-bond acceptors (Lipinski definition) is 6. The number of urea groups is 1. The zero-order valence-electron chi connectivity index (χ0n) is 15.9. The number of rotatable bonds is 6. The van der Waals surface area contributed by atoms with Crippen LogP contribution < -0.4 is 20.1 Å². The van der Waals surface area contributed by atoms with Crippen LogP contribution in [0.3, 0.4) is 0 Å². The first-order valence-corrected chi connectivity index (χ1v) is 9.10. The Morgan fingerprint density at radius 3 is 2.50 bits per heavy atom. The van der Waals surface area contributed by atoms with Crippen LogP contribution in [0.4, 0.5) is 13.6 Å². The Labute approximate surface area is 170 Å². The number of nitrogens with zero attached hydrogens (tertiary/aromatic N) is 1. The number of aliphatic hydroxyl groups is 1. The molecule has 0 spiro atoms. The molecule has 2 aromatic carbocycles. The molecule has 158 valence electrons. The molecule has 0 radical (unpaired) electrons. The summed E-state index contributed by atoms with van der Waals surface area (Å²) in [7, 11) is 1.52. The molecule has 0 aliphatic carbocycles. The number of aliphatic hydroxyl groups excluding tert-OH is 1. The summed E-state index contributed by atoms with van der Waals surface area (Å²) in [6, 6.07) is 10.1. The van der Waals surface area contributed by atoms with Crippen molar-refractivity contribution in [2.24, 2.45) is 0 Å². The lowest BCUT2D eigenvalue weighted by molar-refractivity contribution is -0.126. The van der Waals surface area contributed by atoms with Gasteiger partial charge in [-0.1, -0.05) is 18.2 Å². The molecule has 2 heterocycles. The van der Waals surface area contributed by atoms with Gasteiger partial charge < -0.3 is 19.9 Å². The van der Waals surface area contributed by atoms with Crippen molar-refractivity contribution in [1.82, 2.24) is 15.5 Å². The van der Waals surface area contributed by atoms with Crippen molar-refractivity contribution >= 4 is 11.9 Å². The lowest BCUT2D eigenvalue weighted by Crippen LogP contribution is -2.52. The van der Waals surface area contributed by atoms with E-state index in [-0.39, 0.29) is 12.3 Å². The van der Waals surface area contributed by atoms with Gasteiger partial charge in [0.2, 0.25) is 0 Å². The Morgan fingerprint density at radius 2 is 1.90 bits per heavy atom. The van der Waals surface area contributed by atoms with Crippen LogP contribution in [0.1, 0.15) is 22.9 Å². The average Bonchev–Trinajstić information content (AvgIpc) is 3.17. The molecule has 0 bridgehead atoms. The summed E-state index contributed by atoms with van der Waals surface area (Å²) in [5.74, 6) is -0.0870. The number of hydrogen-bond donors (Lipinski definition) is 3. The van der Waals surface area contributed by atoms with Crippen molar-refractivity contribution in [2.45, 2.75) is 24.9 Å². The number of carbonyl (C=O) groups is 2. The molecule has 2 aromatic rings. The van der Waals surface area contributed by atoms with Gasteiger partial charge in [0, 0.05) is 18.7 Å². The second-order valence-corrected chi connectivity index (χ2v) is 7.06. The zero-order chi connectivity index (χ0) is 21.5. The molecule has 0 aromatic heterocycles. The Bertz CT molecular complexity index is 985. The average molecular weight is 419 g/mol. The molecular weight excluding hydrogens is 400 g/mol. The van der Waals surface area contributed by atoms with Crippen LogP contribution in [0.15, 0.2) is 42.5 Å². The smallest absolute Gasteiger partial charge is 0.387 e. The van der Waals surface area contributed by atoms with E-state index in [2.05, 4.69) is 15.4 Å². The van der Waals surface area contributed by atoms with Crippen LogP contribution in [-0.2, 0) is 16.9 Å². The number of imide groups is 1. The molecule has 1 unspecified atom stereocenters. The minimum absolute atomic E-state index is 0.0439. The standard InChI is InChI=1S/C20H19F2N3O5/c1-29-14-5-2-11-9-25(16(26)15(11)8-14)10-20(17(27)23-19(28)24-20)12-3-6-13(7-4-12)30-18(21)22/h2-8,16,18,26H,9-10H2,1H3,(H2,23,24,27,28)/t16?,20-/m0/s1. The third-order valence-electron chi connectivity index (χ3n) is 5.30. The van der Waals surface area contributed by atoms with E-state index >= 15 is 0 Å². The molecule has 3 amide bonds. The first kappa shape index (κ1) is 20.0. The van der Waals surface area contributed by atoms with Crippen LogP contribution in [0.2, 0.25) is 0 Å². The van der Waals surface area contributed by atoms with Gasteiger partial charge in [-0.15, -0.1) is 0 Å². The highest BCUT2D eigenvalue weighted by Crippen LogP contribution is 2.38. The number of methoxy groups -OCH3 is 1. The van der Waals surface area contributed by atoms with Gasteiger partial charge in [0.05, 0.1) is 7.11 Å². The molecular formula is C20H19F2N3O5. The molecule has 1 fully saturated rings. The van der Waals surface area contributed by atoms with E-state index in [0.717, 1.165) is 5.56 Å². The highest BCUT2D eigenvalue weighted by molar-refractivity contribution is 6.07. The van der Waals surface area contributed by atoms with Crippen LogP contribution in [0, 0.1) is 0 Å². The Hall–Kier alpha value is -3.24. The van der Waals surface area contributed by atoms with Gasteiger partial charge in [0.15, 0.2) is 5.54 Å². The molecule has 30 heavy (non-hydrogen) atoms. The lowest BCUT2D eigenvalue weighted by atomic mass is 9.89. The first-order valence-electron chi connectivity index (χ1n) is 9.10. The van der Waals surface area contributed by atoms with Gasteiger partial charge >= 0.3 is 12.6 Å². The first-order chi connectivity index (χ1) is 14.3. The molecule has 0 saturated carbocycles. The maximum absolute atomic E-state index is 12.8. The number of benzene rings is 2. The van der Waals surface area contributed by atoms with E-state index in [1.807, 2.05) is 6.07 Å². The summed E-state index contributed by atoms with van der Waals surface area (Å²) in [6.45, 7) is -2.68. The van der Waals surface area contributed by atoms with E-state index in [1.165, 1.54) is 31.4 Å². The van der Waals surface area contributed by atoms with Gasteiger partial charge in [-0.05, 0) is 35.4 Å². The summed E-state index contributed by atoms with van der Waals surface area (Å²) >= 11 is 0. The third-order valence-corrected chi connectivity index (χ3v) is 5.30. The summed E-state index contributed by atoms with van der Waals surface area (Å²) in [6.07, 6.45) is -1.02. The Kier molecular flexibility index (Phi) is 5.04. The second-order valence-electron chi connectivity index (χ2n) is 7.06. The molecule has 3 N–H and O–H groups in total. The second kappa shape index (κ2) is 7.54. The van der Waals surface area contributed by atoms with Crippen molar-refractivity contribution < 1.29 is 33.0 Å². The normalized spacial score (nSPS) is 23.3. The fraction of sp³-hybridized carbons (Fsp3) is 0.300. The van der Waals surface area contributed by atoms with Gasteiger partial charge in [-0.3, -0.25) is 15.0 Å². The fourth-order valence-electron chi connectivity index (χ4n) is 3.85. The van der Waals surface area contributed by atoms with Crippen LogP contribution in [0.5, 0.6) is 11.5 Å². The number of alkyl halides is 2. The number of amides is 3. The summed E-state index contributed by atoms with van der Waals surface area (Å²) in [4.78, 5) is 26.3. The van der Waals surface area contributed by atoms with E-state index in [9.17, 15) is 23.5 Å². The summed E-state index contributed by atoms with van der Waals surface area (Å²) in [5, 5.41) is 15.6. The van der Waals surface area contributed by atoms with Gasteiger partial charge in [-0.25, -0.2) is 4.79 Å². The van der Waals surface area contributed by atoms with Gasteiger partial charge in [-0.2, -0.15) is 8.78 Å². The van der Waals surface area contributed by atoms with Crippen molar-refractivity contribution in [3.05, 3.63) is 59.2 Å². The van der Waals surface area contributed by atoms with Crippen molar-refractivity contribution in [2.75, 3.05) is 13.7 Å². The fourth-order valence-corrected chi connectivity index (χ4v) is 3.85. The van der Waals surface area contributed by atoms with Crippen molar-refractivity contribution in [1.29, 1.82) is 0 Å². The highest BCUT2D eigenvalue weighted by atomic mass is 19.3. The minimum Gasteiger partial charge on any atom is -0.497 e. The maximum atomic E-state index is 12.8. The summed E-state index contributed by atoms with van der Waals surface area (Å²) in [5.41, 5.74) is 0.375. The topological polar surface area (TPSA) is 100 Å². The van der Waals surface area contributed by atoms with E-state index in [4.69, 9.17) is 4.74 Å². The van der Waals surface area contributed by atoms with Crippen LogP contribution in [0.25, 0.3) is 0 Å². The molecule has 8 nitrogen and oxygen atoms in total. The highest BCUT2D eigenvalue weighted by Gasteiger charge is 2.50. The van der Waals surface area contributed by atoms with Crippen molar-refractivity contribution in [3.8, 4) is 11.5 Å². The molecule has 1 saturated heterocycles. The number of carbonyl (C=O) groups excluding carboxylic acids is 2. The SMILES string of the molecule is COc1ccc2c(c1)C(O)N(C[C@@]1(c3ccc(OC(F)F)cc3)NC(=O)NC1=O)C2. The van der Waals surface area contributed by atoms with E-state index in [1.54, 1.807) is 17.0 Å². The third kappa shape index (κ3) is 3.44. The Morgan fingerprint density at radius 1 is 1.20 bits per heavy atom. The number of halogens is 2. The molecule has 2 aliphatic rings. The molecule has 4 rings (SSSR count). The van der Waals surface area contributed by atoms with Crippen LogP contribution >= 0.6 is 0 Å². The van der Waals surface area contributed by atoms with Crippen LogP contribution in [-0.4, -0.2) is 42.2 Å². The van der Waals surface area contributed by atoms with Gasteiger partial charge in [0.25, 0.3) is 5.91 Å². The van der Waals surface area contributed by atoms with Crippen molar-refractivity contribution in [3.63, 3.8) is 0 Å².